The van der Waals surface area contributed by atoms with Crippen LogP contribution in [-0.4, -0.2) is 39.6 Å². The summed E-state index contributed by atoms with van der Waals surface area (Å²) in [5.74, 6) is -0.510. The molecule has 0 bridgehead atoms. The minimum atomic E-state index is -4.47. The second-order valence-electron chi connectivity index (χ2n) is 4.91. The number of rotatable bonds is 6. The van der Waals surface area contributed by atoms with Crippen LogP contribution in [0.3, 0.4) is 0 Å². The molecule has 0 saturated heterocycles. The average molecular weight is 349 g/mol. The lowest BCUT2D eigenvalue weighted by Crippen LogP contribution is -2.38. The van der Waals surface area contributed by atoms with Gasteiger partial charge in [-0.25, -0.2) is 9.97 Å². The normalized spacial score (nSPS) is 12.8. The fourth-order valence-electron chi connectivity index (χ4n) is 1.80. The summed E-state index contributed by atoms with van der Waals surface area (Å²) in [6.07, 6.45) is -3.92. The van der Waals surface area contributed by atoms with Crippen molar-refractivity contribution in [3.05, 3.63) is 17.1 Å². The van der Waals surface area contributed by atoms with Crippen LogP contribution in [0, 0.1) is 6.92 Å². The molecule has 23 heavy (non-hydrogen) atoms. The van der Waals surface area contributed by atoms with Gasteiger partial charge >= 0.3 is 6.18 Å². The van der Waals surface area contributed by atoms with E-state index in [-0.39, 0.29) is 5.78 Å². The zero-order valence-corrected chi connectivity index (χ0v) is 14.1. The number of alkyl halides is 3. The highest BCUT2D eigenvalue weighted by Gasteiger charge is 2.29. The van der Waals surface area contributed by atoms with E-state index in [1.165, 1.54) is 13.8 Å². The highest BCUT2D eigenvalue weighted by molar-refractivity contribution is 8.00. The Kier molecular flexibility index (Phi) is 6.55. The summed E-state index contributed by atoms with van der Waals surface area (Å²) < 4.78 is 36.4. The Morgan fingerprint density at radius 2 is 1.91 bits per heavy atom. The van der Waals surface area contributed by atoms with E-state index in [4.69, 9.17) is 0 Å². The third kappa shape index (κ3) is 5.81. The third-order valence-electron chi connectivity index (χ3n) is 2.89. The summed E-state index contributed by atoms with van der Waals surface area (Å²) in [5, 5.41) is 1.31. The Morgan fingerprint density at radius 1 is 1.30 bits per heavy atom. The maximum Gasteiger partial charge on any atom is 0.405 e. The quantitative estimate of drug-likeness (QED) is 0.486. The Labute approximate surface area is 136 Å². The summed E-state index contributed by atoms with van der Waals surface area (Å²) in [7, 11) is 0. The smallest absolute Gasteiger partial charge is 0.346 e. The number of thioether (sulfide) groups is 1. The molecule has 0 aliphatic carbocycles. The molecule has 1 heterocycles. The van der Waals surface area contributed by atoms with E-state index in [9.17, 15) is 22.8 Å². The summed E-state index contributed by atoms with van der Waals surface area (Å²) in [4.78, 5) is 31.9. The minimum Gasteiger partial charge on any atom is -0.346 e. The Morgan fingerprint density at radius 3 is 2.39 bits per heavy atom. The predicted octanol–water partition coefficient (Wildman–Crippen LogP) is 2.71. The molecule has 1 rings (SSSR count). The van der Waals surface area contributed by atoms with E-state index in [0.717, 1.165) is 11.8 Å². The molecular weight excluding hydrogens is 331 g/mol. The lowest BCUT2D eigenvalue weighted by Gasteiger charge is -2.15. The second kappa shape index (κ2) is 7.76. The van der Waals surface area contributed by atoms with Gasteiger partial charge < -0.3 is 5.32 Å². The third-order valence-corrected chi connectivity index (χ3v) is 3.98. The van der Waals surface area contributed by atoms with Crippen molar-refractivity contribution in [3.8, 4) is 0 Å². The first-order chi connectivity index (χ1) is 10.5. The van der Waals surface area contributed by atoms with Gasteiger partial charge in [-0.05, 0) is 20.8 Å². The number of carbonyl (C=O) groups is 2. The second-order valence-corrected chi connectivity index (χ2v) is 6.24. The molecule has 0 aromatic carbocycles. The van der Waals surface area contributed by atoms with Crippen LogP contribution < -0.4 is 5.32 Å². The molecule has 0 aliphatic heterocycles. The summed E-state index contributed by atoms with van der Waals surface area (Å²) >= 11 is 0.950. The molecule has 0 aliphatic rings. The maximum absolute atomic E-state index is 12.1. The van der Waals surface area contributed by atoms with Gasteiger partial charge in [0.15, 0.2) is 5.78 Å². The van der Waals surface area contributed by atoms with Crippen molar-refractivity contribution in [2.24, 2.45) is 0 Å². The van der Waals surface area contributed by atoms with Gasteiger partial charge in [-0.1, -0.05) is 18.7 Å². The molecule has 0 radical (unpaired) electrons. The Balaban J connectivity index is 2.96. The van der Waals surface area contributed by atoms with Gasteiger partial charge in [-0.15, -0.1) is 0 Å². The van der Waals surface area contributed by atoms with Crippen molar-refractivity contribution >= 4 is 23.5 Å². The monoisotopic (exact) mass is 349 g/mol. The van der Waals surface area contributed by atoms with Crippen LogP contribution in [0.2, 0.25) is 0 Å². The molecule has 1 amide bonds. The number of carbonyl (C=O) groups excluding carboxylic acids is 2. The number of amides is 1. The number of ketones is 1. The number of aryl methyl sites for hydroxylation is 2. The largest absolute Gasteiger partial charge is 0.405 e. The fraction of sp³-hybridized carbons (Fsp3) is 0.571. The molecule has 0 spiro atoms. The maximum atomic E-state index is 12.1. The fourth-order valence-corrected chi connectivity index (χ4v) is 2.90. The van der Waals surface area contributed by atoms with Crippen LogP contribution in [0.4, 0.5) is 13.2 Å². The van der Waals surface area contributed by atoms with Crippen LogP contribution in [0.5, 0.6) is 0 Å². The van der Waals surface area contributed by atoms with Gasteiger partial charge in [-0.3, -0.25) is 9.59 Å². The Hall–Kier alpha value is -1.64. The van der Waals surface area contributed by atoms with Gasteiger partial charge in [0, 0.05) is 6.42 Å². The number of nitrogens with zero attached hydrogens (tertiary/aromatic N) is 2. The van der Waals surface area contributed by atoms with Crippen LogP contribution in [0.15, 0.2) is 5.03 Å². The first-order valence-electron chi connectivity index (χ1n) is 6.94. The molecular formula is C14H18F3N3O2S. The zero-order valence-electron chi connectivity index (χ0n) is 13.2. The van der Waals surface area contributed by atoms with Crippen LogP contribution >= 0.6 is 11.8 Å². The SMILES string of the molecule is CCc1nc(C)c(C(C)=O)c(S[C@@H](C)C(=O)NCC(F)(F)F)n1. The van der Waals surface area contributed by atoms with Crippen molar-refractivity contribution in [3.63, 3.8) is 0 Å². The first-order valence-corrected chi connectivity index (χ1v) is 7.82. The number of halogens is 3. The molecule has 0 saturated carbocycles. The highest BCUT2D eigenvalue weighted by atomic mass is 32.2. The van der Waals surface area contributed by atoms with Crippen molar-refractivity contribution in [2.45, 2.75) is 50.6 Å². The van der Waals surface area contributed by atoms with Gasteiger partial charge in [0.1, 0.15) is 17.4 Å². The molecule has 1 atom stereocenters. The predicted molar refractivity (Wildman–Crippen MR) is 80.5 cm³/mol. The minimum absolute atomic E-state index is 0.254. The van der Waals surface area contributed by atoms with Crippen LogP contribution in [0.1, 0.15) is 42.6 Å². The molecule has 5 nitrogen and oxygen atoms in total. The number of Topliss-reactive ketones (excluding diaryl/α,β-unsaturated/α-hetero) is 1. The highest BCUT2D eigenvalue weighted by Crippen LogP contribution is 2.27. The molecule has 9 heteroatoms. The lowest BCUT2D eigenvalue weighted by molar-refractivity contribution is -0.137. The van der Waals surface area contributed by atoms with Gasteiger partial charge in [0.05, 0.1) is 16.5 Å². The standard InChI is InChI=1S/C14H18F3N3O2S/c1-5-10-19-7(2)11(8(3)21)13(20-10)23-9(4)12(22)18-6-14(15,16)17/h9H,5-6H2,1-4H3,(H,18,22)/t9-/m0/s1. The van der Waals surface area contributed by atoms with E-state index in [2.05, 4.69) is 9.97 Å². The average Bonchev–Trinajstić information content (AvgIpc) is 2.42. The van der Waals surface area contributed by atoms with Crippen molar-refractivity contribution in [1.82, 2.24) is 15.3 Å². The molecule has 1 aromatic rings. The van der Waals surface area contributed by atoms with E-state index >= 15 is 0 Å². The number of aromatic nitrogens is 2. The van der Waals surface area contributed by atoms with E-state index in [1.54, 1.807) is 6.92 Å². The van der Waals surface area contributed by atoms with Crippen molar-refractivity contribution < 1.29 is 22.8 Å². The molecule has 1 aromatic heterocycles. The first kappa shape index (κ1) is 19.4. The van der Waals surface area contributed by atoms with E-state index in [1.807, 2.05) is 12.2 Å². The zero-order chi connectivity index (χ0) is 17.8. The van der Waals surface area contributed by atoms with E-state index in [0.29, 0.717) is 28.5 Å². The van der Waals surface area contributed by atoms with Crippen LogP contribution in [0.25, 0.3) is 0 Å². The van der Waals surface area contributed by atoms with Gasteiger partial charge in [0.25, 0.3) is 0 Å². The molecule has 0 fully saturated rings. The molecule has 1 N–H and O–H groups in total. The lowest BCUT2D eigenvalue weighted by atomic mass is 10.2. The molecule has 128 valence electrons. The Bertz CT molecular complexity index is 606. The van der Waals surface area contributed by atoms with Gasteiger partial charge in [-0.2, -0.15) is 13.2 Å². The van der Waals surface area contributed by atoms with E-state index < -0.39 is 23.9 Å². The summed E-state index contributed by atoms with van der Waals surface area (Å²) in [6, 6.07) is 0. The summed E-state index contributed by atoms with van der Waals surface area (Å²) in [6.45, 7) is 4.94. The number of hydrogen-bond donors (Lipinski definition) is 1. The van der Waals surface area contributed by atoms with Gasteiger partial charge in [0.2, 0.25) is 5.91 Å². The molecule has 0 unspecified atom stereocenters. The number of hydrogen-bond acceptors (Lipinski definition) is 5. The topological polar surface area (TPSA) is 72.0 Å². The summed E-state index contributed by atoms with van der Waals surface area (Å²) in [5.41, 5.74) is 0.789. The van der Waals surface area contributed by atoms with Crippen LogP contribution in [-0.2, 0) is 11.2 Å². The van der Waals surface area contributed by atoms with Crippen molar-refractivity contribution in [1.29, 1.82) is 0 Å². The number of nitrogens with one attached hydrogen (secondary N) is 1. The van der Waals surface area contributed by atoms with Crippen molar-refractivity contribution in [2.75, 3.05) is 6.54 Å².